The lowest BCUT2D eigenvalue weighted by molar-refractivity contribution is 0.0974. The summed E-state index contributed by atoms with van der Waals surface area (Å²) in [5.41, 5.74) is 1.75. The Morgan fingerprint density at radius 1 is 1.23 bits per heavy atom. The largest absolute Gasteiger partial charge is 0.465 e. The normalized spacial score (nSPS) is 16.3. The molecule has 2 aromatic rings. The van der Waals surface area contributed by atoms with Crippen LogP contribution in [0, 0.1) is 5.82 Å². The highest BCUT2D eigenvalue weighted by molar-refractivity contribution is 6.06. The molecule has 7 heteroatoms. The minimum atomic E-state index is -1.09. The summed E-state index contributed by atoms with van der Waals surface area (Å²) in [7, 11) is 0. The van der Waals surface area contributed by atoms with E-state index in [4.69, 9.17) is 5.11 Å². The number of rotatable bonds is 5. The number of carbonyl (C=O) groups is 2. The summed E-state index contributed by atoms with van der Waals surface area (Å²) in [6, 6.07) is 12.7. The van der Waals surface area contributed by atoms with E-state index in [9.17, 15) is 14.0 Å². The highest BCUT2D eigenvalue weighted by Gasteiger charge is 2.28. The first-order valence-corrected chi connectivity index (χ1v) is 8.43. The molecule has 1 aliphatic rings. The number of carbonyl (C=O) groups excluding carboxylic acids is 1. The Morgan fingerprint density at radius 2 is 2.00 bits per heavy atom. The number of benzene rings is 2. The standard InChI is InChI=1S/C19H20FN3O3/c20-15-4-1-3-14(11-15)18(24)23(17-5-2-10-21-17)16-8-6-13(7-9-16)12-22-19(25)26/h1,3-4,6-9,11,17,21-22H,2,5,10,12H2,(H,25,26). The number of anilines is 1. The second kappa shape index (κ2) is 7.97. The van der Waals surface area contributed by atoms with Crippen LogP contribution in [0.1, 0.15) is 28.8 Å². The monoisotopic (exact) mass is 357 g/mol. The topological polar surface area (TPSA) is 81.7 Å². The van der Waals surface area contributed by atoms with E-state index in [1.807, 2.05) is 0 Å². The molecule has 1 fully saturated rings. The molecule has 136 valence electrons. The van der Waals surface area contributed by atoms with Gasteiger partial charge in [0.15, 0.2) is 0 Å². The van der Waals surface area contributed by atoms with Crippen LogP contribution in [-0.2, 0) is 6.54 Å². The van der Waals surface area contributed by atoms with Crippen LogP contribution in [0.4, 0.5) is 14.9 Å². The first-order valence-electron chi connectivity index (χ1n) is 8.43. The van der Waals surface area contributed by atoms with E-state index in [0.717, 1.165) is 24.9 Å². The van der Waals surface area contributed by atoms with E-state index in [0.29, 0.717) is 5.69 Å². The van der Waals surface area contributed by atoms with E-state index in [2.05, 4.69) is 10.6 Å². The molecule has 0 aromatic heterocycles. The number of nitrogens with one attached hydrogen (secondary N) is 2. The Hall–Kier alpha value is -2.93. The quantitative estimate of drug-likeness (QED) is 0.768. The van der Waals surface area contributed by atoms with Crippen molar-refractivity contribution in [2.75, 3.05) is 11.4 Å². The van der Waals surface area contributed by atoms with E-state index < -0.39 is 11.9 Å². The average Bonchev–Trinajstić information content (AvgIpc) is 3.15. The van der Waals surface area contributed by atoms with Crippen LogP contribution in [0.25, 0.3) is 0 Å². The Morgan fingerprint density at radius 3 is 2.62 bits per heavy atom. The van der Waals surface area contributed by atoms with Gasteiger partial charge in [-0.15, -0.1) is 0 Å². The zero-order valence-electron chi connectivity index (χ0n) is 14.1. The second-order valence-corrected chi connectivity index (χ2v) is 6.12. The molecule has 3 rings (SSSR count). The minimum Gasteiger partial charge on any atom is -0.465 e. The van der Waals surface area contributed by atoms with Gasteiger partial charge in [0.1, 0.15) is 5.82 Å². The highest BCUT2D eigenvalue weighted by Crippen LogP contribution is 2.24. The van der Waals surface area contributed by atoms with Crippen molar-refractivity contribution in [3.05, 3.63) is 65.5 Å². The van der Waals surface area contributed by atoms with Gasteiger partial charge in [-0.25, -0.2) is 9.18 Å². The fourth-order valence-corrected chi connectivity index (χ4v) is 3.04. The van der Waals surface area contributed by atoms with Crippen LogP contribution in [0.2, 0.25) is 0 Å². The van der Waals surface area contributed by atoms with Crippen molar-refractivity contribution in [2.24, 2.45) is 0 Å². The summed E-state index contributed by atoms with van der Waals surface area (Å²) < 4.78 is 13.5. The van der Waals surface area contributed by atoms with Crippen LogP contribution in [0.3, 0.4) is 0 Å². The fourth-order valence-electron chi connectivity index (χ4n) is 3.04. The molecule has 1 unspecified atom stereocenters. The second-order valence-electron chi connectivity index (χ2n) is 6.12. The molecule has 0 bridgehead atoms. The lowest BCUT2D eigenvalue weighted by atomic mass is 10.1. The third-order valence-corrected chi connectivity index (χ3v) is 4.29. The van der Waals surface area contributed by atoms with E-state index in [-0.39, 0.29) is 24.2 Å². The van der Waals surface area contributed by atoms with Gasteiger partial charge in [-0.1, -0.05) is 18.2 Å². The maximum absolute atomic E-state index is 13.5. The van der Waals surface area contributed by atoms with Crippen LogP contribution >= 0.6 is 0 Å². The van der Waals surface area contributed by atoms with Gasteiger partial charge in [-0.2, -0.15) is 0 Å². The van der Waals surface area contributed by atoms with E-state index in [1.54, 1.807) is 35.2 Å². The van der Waals surface area contributed by atoms with Gasteiger partial charge in [-0.3, -0.25) is 15.0 Å². The molecule has 2 amide bonds. The smallest absolute Gasteiger partial charge is 0.404 e. The predicted molar refractivity (Wildman–Crippen MR) is 95.5 cm³/mol. The summed E-state index contributed by atoms with van der Waals surface area (Å²) in [5.74, 6) is -0.731. The first-order chi connectivity index (χ1) is 12.5. The Kier molecular flexibility index (Phi) is 5.48. The van der Waals surface area contributed by atoms with Crippen molar-refractivity contribution in [3.8, 4) is 0 Å². The number of nitrogens with zero attached hydrogens (tertiary/aromatic N) is 1. The molecular weight excluding hydrogens is 337 g/mol. The Balaban J connectivity index is 1.86. The van der Waals surface area contributed by atoms with Gasteiger partial charge in [0, 0.05) is 17.8 Å². The van der Waals surface area contributed by atoms with Gasteiger partial charge in [0.2, 0.25) is 0 Å². The SMILES string of the molecule is O=C(O)NCc1ccc(N(C(=O)c2cccc(F)c2)C2CCCN2)cc1. The highest BCUT2D eigenvalue weighted by atomic mass is 19.1. The van der Waals surface area contributed by atoms with E-state index in [1.165, 1.54) is 18.2 Å². The number of hydrogen-bond donors (Lipinski definition) is 3. The van der Waals surface area contributed by atoms with Gasteiger partial charge < -0.3 is 10.4 Å². The minimum absolute atomic E-state index is 0.159. The van der Waals surface area contributed by atoms with Crippen molar-refractivity contribution >= 4 is 17.7 Å². The molecule has 0 aliphatic carbocycles. The Labute approximate surface area is 150 Å². The molecule has 26 heavy (non-hydrogen) atoms. The first kappa shape index (κ1) is 17.9. The summed E-state index contributed by atoms with van der Waals surface area (Å²) in [6.45, 7) is 1.01. The molecule has 1 heterocycles. The van der Waals surface area contributed by atoms with E-state index >= 15 is 0 Å². The maximum atomic E-state index is 13.5. The fraction of sp³-hybridized carbons (Fsp3) is 0.263. The summed E-state index contributed by atoms with van der Waals surface area (Å²) in [6.07, 6.45) is 0.516. The van der Waals surface area contributed by atoms with Crippen molar-refractivity contribution in [1.82, 2.24) is 10.6 Å². The van der Waals surface area contributed by atoms with Crippen molar-refractivity contribution < 1.29 is 19.1 Å². The number of carboxylic acid groups (broad SMARTS) is 1. The number of hydrogen-bond acceptors (Lipinski definition) is 3. The van der Waals surface area contributed by atoms with Gasteiger partial charge in [0.05, 0.1) is 6.17 Å². The number of halogens is 1. The molecule has 3 N–H and O–H groups in total. The number of amides is 2. The molecule has 1 atom stereocenters. The molecule has 1 saturated heterocycles. The molecule has 0 spiro atoms. The molecule has 0 radical (unpaired) electrons. The third-order valence-electron chi connectivity index (χ3n) is 4.29. The van der Waals surface area contributed by atoms with Gasteiger partial charge in [-0.05, 0) is 55.3 Å². The van der Waals surface area contributed by atoms with Crippen LogP contribution in [-0.4, -0.2) is 29.8 Å². The molecule has 2 aromatic carbocycles. The lowest BCUT2D eigenvalue weighted by Gasteiger charge is -2.29. The molecule has 6 nitrogen and oxygen atoms in total. The van der Waals surface area contributed by atoms with Crippen LogP contribution in [0.5, 0.6) is 0 Å². The predicted octanol–water partition coefficient (Wildman–Crippen LogP) is 2.95. The summed E-state index contributed by atoms with van der Waals surface area (Å²) in [5, 5.41) is 14.3. The van der Waals surface area contributed by atoms with Crippen molar-refractivity contribution in [2.45, 2.75) is 25.6 Å². The third kappa shape index (κ3) is 4.18. The van der Waals surface area contributed by atoms with Crippen LogP contribution < -0.4 is 15.5 Å². The Bertz CT molecular complexity index is 789. The zero-order valence-corrected chi connectivity index (χ0v) is 14.1. The molecule has 1 aliphatic heterocycles. The van der Waals surface area contributed by atoms with Crippen LogP contribution in [0.15, 0.2) is 48.5 Å². The maximum Gasteiger partial charge on any atom is 0.404 e. The van der Waals surface area contributed by atoms with Crippen molar-refractivity contribution in [3.63, 3.8) is 0 Å². The zero-order chi connectivity index (χ0) is 18.5. The van der Waals surface area contributed by atoms with Gasteiger partial charge in [0.25, 0.3) is 5.91 Å². The summed E-state index contributed by atoms with van der Waals surface area (Å²) in [4.78, 5) is 25.2. The van der Waals surface area contributed by atoms with Crippen molar-refractivity contribution in [1.29, 1.82) is 0 Å². The molecular formula is C19H20FN3O3. The summed E-state index contributed by atoms with van der Waals surface area (Å²) >= 11 is 0. The lowest BCUT2D eigenvalue weighted by Crippen LogP contribution is -2.46. The molecule has 0 saturated carbocycles. The average molecular weight is 357 g/mol. The van der Waals surface area contributed by atoms with Gasteiger partial charge >= 0.3 is 6.09 Å².